The summed E-state index contributed by atoms with van der Waals surface area (Å²) in [5, 5.41) is 4.12. The van der Waals surface area contributed by atoms with Gasteiger partial charge < -0.3 is 16.0 Å². The first kappa shape index (κ1) is 15.7. The lowest BCUT2D eigenvalue weighted by atomic mass is 10.0. The number of hydrogen-bond donors (Lipinski definition) is 2. The van der Waals surface area contributed by atoms with Crippen molar-refractivity contribution in [3.05, 3.63) is 34.1 Å². The summed E-state index contributed by atoms with van der Waals surface area (Å²) in [5.41, 5.74) is 6.99. The van der Waals surface area contributed by atoms with Gasteiger partial charge in [-0.1, -0.05) is 11.6 Å². The van der Waals surface area contributed by atoms with E-state index in [0.29, 0.717) is 23.2 Å². The molecule has 0 spiro atoms. The molecule has 1 heterocycles. The molecule has 3 N–H and O–H groups in total. The maximum absolute atomic E-state index is 13.6. The standard InChI is InChI=1S/C15H23ClFN3/c1-11-8-14(16)12(9-15(11)17)10-19-13-2-5-20(6-3-13)7-4-18/h8-9,13,19H,2-7,10,18H2,1H3. The highest BCUT2D eigenvalue weighted by molar-refractivity contribution is 6.31. The fourth-order valence-electron chi connectivity index (χ4n) is 2.62. The largest absolute Gasteiger partial charge is 0.329 e. The first-order chi connectivity index (χ1) is 9.60. The summed E-state index contributed by atoms with van der Waals surface area (Å²) in [6, 6.07) is 3.70. The van der Waals surface area contributed by atoms with E-state index < -0.39 is 0 Å². The van der Waals surface area contributed by atoms with Crippen molar-refractivity contribution in [3.63, 3.8) is 0 Å². The summed E-state index contributed by atoms with van der Waals surface area (Å²) in [7, 11) is 0. The zero-order chi connectivity index (χ0) is 14.5. The molecule has 0 bridgehead atoms. The van der Waals surface area contributed by atoms with Crippen LogP contribution in [0.1, 0.15) is 24.0 Å². The number of hydrogen-bond acceptors (Lipinski definition) is 3. The number of piperidine rings is 1. The number of nitrogens with one attached hydrogen (secondary N) is 1. The maximum atomic E-state index is 13.6. The lowest BCUT2D eigenvalue weighted by molar-refractivity contribution is 0.202. The molecule has 1 aromatic carbocycles. The third kappa shape index (κ3) is 4.16. The maximum Gasteiger partial charge on any atom is 0.126 e. The monoisotopic (exact) mass is 299 g/mol. The van der Waals surface area contributed by atoms with Crippen LogP contribution >= 0.6 is 11.6 Å². The fraction of sp³-hybridized carbons (Fsp3) is 0.600. The topological polar surface area (TPSA) is 41.3 Å². The molecule has 112 valence electrons. The molecular formula is C15H23ClFN3. The van der Waals surface area contributed by atoms with Gasteiger partial charge in [-0.25, -0.2) is 4.39 Å². The second kappa shape index (κ2) is 7.36. The second-order valence-electron chi connectivity index (χ2n) is 5.48. The zero-order valence-electron chi connectivity index (χ0n) is 12.0. The first-order valence-electron chi connectivity index (χ1n) is 7.20. The van der Waals surface area contributed by atoms with E-state index in [9.17, 15) is 4.39 Å². The van der Waals surface area contributed by atoms with Gasteiger partial charge >= 0.3 is 0 Å². The van der Waals surface area contributed by atoms with Crippen molar-refractivity contribution >= 4 is 11.6 Å². The molecule has 5 heteroatoms. The van der Waals surface area contributed by atoms with E-state index in [1.165, 1.54) is 6.07 Å². The Kier molecular flexibility index (Phi) is 5.78. The summed E-state index contributed by atoms with van der Waals surface area (Å²) in [5.74, 6) is -0.191. The molecule has 1 aromatic rings. The Balaban J connectivity index is 1.83. The van der Waals surface area contributed by atoms with Crippen molar-refractivity contribution in [1.29, 1.82) is 0 Å². The van der Waals surface area contributed by atoms with Crippen LogP contribution < -0.4 is 11.1 Å². The molecule has 1 aliphatic rings. The van der Waals surface area contributed by atoms with Crippen LogP contribution in [0, 0.1) is 12.7 Å². The quantitative estimate of drug-likeness (QED) is 0.876. The molecule has 0 aliphatic carbocycles. The molecule has 2 rings (SSSR count). The van der Waals surface area contributed by atoms with Crippen molar-refractivity contribution in [3.8, 4) is 0 Å². The van der Waals surface area contributed by atoms with Crippen molar-refractivity contribution in [2.75, 3.05) is 26.2 Å². The molecule has 0 amide bonds. The van der Waals surface area contributed by atoms with E-state index in [2.05, 4.69) is 10.2 Å². The number of benzene rings is 1. The molecule has 0 aromatic heterocycles. The van der Waals surface area contributed by atoms with Gasteiger partial charge in [0.15, 0.2) is 0 Å². The van der Waals surface area contributed by atoms with E-state index in [4.69, 9.17) is 17.3 Å². The zero-order valence-corrected chi connectivity index (χ0v) is 12.7. The van der Waals surface area contributed by atoms with Crippen LogP contribution in [0.3, 0.4) is 0 Å². The number of rotatable bonds is 5. The Morgan fingerprint density at radius 3 is 2.75 bits per heavy atom. The number of likely N-dealkylation sites (tertiary alicyclic amines) is 1. The van der Waals surface area contributed by atoms with Crippen molar-refractivity contribution < 1.29 is 4.39 Å². The van der Waals surface area contributed by atoms with Gasteiger partial charge in [-0.3, -0.25) is 0 Å². The smallest absolute Gasteiger partial charge is 0.126 e. The van der Waals surface area contributed by atoms with Crippen molar-refractivity contribution in [1.82, 2.24) is 10.2 Å². The average molecular weight is 300 g/mol. The molecule has 1 fully saturated rings. The summed E-state index contributed by atoms with van der Waals surface area (Å²) >= 11 is 6.15. The predicted molar refractivity (Wildman–Crippen MR) is 81.5 cm³/mol. The Morgan fingerprint density at radius 2 is 2.10 bits per heavy atom. The minimum atomic E-state index is -0.191. The van der Waals surface area contributed by atoms with Crippen LogP contribution in [-0.2, 0) is 6.54 Å². The minimum absolute atomic E-state index is 0.191. The number of nitrogens with two attached hydrogens (primary N) is 1. The summed E-state index contributed by atoms with van der Waals surface area (Å²) < 4.78 is 13.6. The summed E-state index contributed by atoms with van der Waals surface area (Å²) in [4.78, 5) is 2.39. The molecule has 0 radical (unpaired) electrons. The fourth-order valence-corrected chi connectivity index (χ4v) is 2.91. The van der Waals surface area contributed by atoms with Crippen LogP contribution in [0.25, 0.3) is 0 Å². The van der Waals surface area contributed by atoms with Gasteiger partial charge in [-0.15, -0.1) is 0 Å². The molecular weight excluding hydrogens is 277 g/mol. The highest BCUT2D eigenvalue weighted by atomic mass is 35.5. The van der Waals surface area contributed by atoms with Crippen LogP contribution in [0.2, 0.25) is 5.02 Å². The highest BCUT2D eigenvalue weighted by Gasteiger charge is 2.18. The van der Waals surface area contributed by atoms with Crippen LogP contribution in [0.4, 0.5) is 4.39 Å². The van der Waals surface area contributed by atoms with Gasteiger partial charge in [0, 0.05) is 30.7 Å². The summed E-state index contributed by atoms with van der Waals surface area (Å²) in [6.07, 6.45) is 2.21. The number of aryl methyl sites for hydroxylation is 1. The highest BCUT2D eigenvalue weighted by Crippen LogP contribution is 2.21. The van der Waals surface area contributed by atoms with Gasteiger partial charge in [0.05, 0.1) is 0 Å². The van der Waals surface area contributed by atoms with Crippen LogP contribution in [0.15, 0.2) is 12.1 Å². The third-order valence-corrected chi connectivity index (χ3v) is 4.29. The lowest BCUT2D eigenvalue weighted by Gasteiger charge is -2.32. The van der Waals surface area contributed by atoms with Crippen LogP contribution in [-0.4, -0.2) is 37.1 Å². The lowest BCUT2D eigenvalue weighted by Crippen LogP contribution is -2.43. The van der Waals surface area contributed by atoms with Gasteiger partial charge in [0.25, 0.3) is 0 Å². The molecule has 0 unspecified atom stereocenters. The number of halogens is 2. The van der Waals surface area contributed by atoms with E-state index >= 15 is 0 Å². The predicted octanol–water partition coefficient (Wildman–Crippen LogP) is 2.30. The van der Waals surface area contributed by atoms with Crippen molar-refractivity contribution in [2.45, 2.75) is 32.4 Å². The first-order valence-corrected chi connectivity index (χ1v) is 7.58. The van der Waals surface area contributed by atoms with E-state index in [1.807, 2.05) is 0 Å². The summed E-state index contributed by atoms with van der Waals surface area (Å²) in [6.45, 7) is 6.19. The van der Waals surface area contributed by atoms with Gasteiger partial charge in [-0.2, -0.15) is 0 Å². The normalized spacial score (nSPS) is 17.6. The second-order valence-corrected chi connectivity index (χ2v) is 5.89. The Hall–Kier alpha value is -0.680. The van der Waals surface area contributed by atoms with E-state index in [1.54, 1.807) is 13.0 Å². The third-order valence-electron chi connectivity index (χ3n) is 3.94. The molecule has 1 aliphatic heterocycles. The van der Waals surface area contributed by atoms with E-state index in [0.717, 1.165) is 44.6 Å². The minimum Gasteiger partial charge on any atom is -0.329 e. The molecule has 0 atom stereocenters. The van der Waals surface area contributed by atoms with Crippen LogP contribution in [0.5, 0.6) is 0 Å². The molecule has 20 heavy (non-hydrogen) atoms. The number of nitrogens with zero attached hydrogens (tertiary/aromatic N) is 1. The SMILES string of the molecule is Cc1cc(Cl)c(CNC2CCN(CCN)CC2)cc1F. The average Bonchev–Trinajstić information content (AvgIpc) is 2.43. The Labute approximate surface area is 125 Å². The van der Waals surface area contributed by atoms with Gasteiger partial charge in [0.1, 0.15) is 5.82 Å². The molecule has 0 saturated carbocycles. The molecule has 3 nitrogen and oxygen atoms in total. The Bertz CT molecular complexity index is 445. The van der Waals surface area contributed by atoms with Gasteiger partial charge in [-0.05, 0) is 56.1 Å². The van der Waals surface area contributed by atoms with E-state index in [-0.39, 0.29) is 5.82 Å². The molecule has 1 saturated heterocycles. The van der Waals surface area contributed by atoms with Crippen molar-refractivity contribution in [2.24, 2.45) is 5.73 Å². The Morgan fingerprint density at radius 1 is 1.40 bits per heavy atom. The van der Waals surface area contributed by atoms with Gasteiger partial charge in [0.2, 0.25) is 0 Å².